The van der Waals surface area contributed by atoms with Crippen LogP contribution in [0, 0.1) is 13.8 Å². The molecule has 0 radical (unpaired) electrons. The third-order valence-electron chi connectivity index (χ3n) is 3.36. The Kier molecular flexibility index (Phi) is 5.73. The lowest BCUT2D eigenvalue weighted by atomic mass is 10.1. The number of ether oxygens (including phenoxy) is 1. The topological polar surface area (TPSA) is 106 Å². The predicted molar refractivity (Wildman–Crippen MR) is 89.7 cm³/mol. The highest BCUT2D eigenvalue weighted by molar-refractivity contribution is 5.83. The van der Waals surface area contributed by atoms with E-state index in [0.29, 0.717) is 5.88 Å². The Labute approximate surface area is 140 Å². The van der Waals surface area contributed by atoms with Crippen molar-refractivity contribution < 1.29 is 14.3 Å². The van der Waals surface area contributed by atoms with Gasteiger partial charge in [0, 0.05) is 18.3 Å². The fraction of sp³-hybridized carbons (Fsp3) is 0.235. The standard InChI is InChI=1S/C17H20N4O3/c1-11-5-3-6-12(2)15(11)24-16-13(7-4-8-19-16)9-20-14(22)10-21-17(18)23/h3-8H,9-10H2,1-2H3,(H,20,22)(H3,18,21,23). The van der Waals surface area contributed by atoms with Crippen LogP contribution in [0.1, 0.15) is 16.7 Å². The molecule has 0 spiro atoms. The second-order valence-electron chi connectivity index (χ2n) is 5.29. The molecule has 1 aromatic heterocycles. The summed E-state index contributed by atoms with van der Waals surface area (Å²) in [4.78, 5) is 26.5. The minimum atomic E-state index is -0.745. The molecule has 0 saturated carbocycles. The van der Waals surface area contributed by atoms with Gasteiger partial charge < -0.3 is 21.1 Å². The minimum absolute atomic E-state index is 0.178. The second-order valence-corrected chi connectivity index (χ2v) is 5.29. The lowest BCUT2D eigenvalue weighted by Gasteiger charge is -2.14. The highest BCUT2D eigenvalue weighted by atomic mass is 16.5. The molecule has 126 valence electrons. The lowest BCUT2D eigenvalue weighted by Crippen LogP contribution is -2.39. The van der Waals surface area contributed by atoms with Crippen LogP contribution in [0.5, 0.6) is 11.6 Å². The van der Waals surface area contributed by atoms with Crippen molar-refractivity contribution >= 4 is 11.9 Å². The van der Waals surface area contributed by atoms with E-state index >= 15 is 0 Å². The molecule has 24 heavy (non-hydrogen) atoms. The first kappa shape index (κ1) is 17.3. The Morgan fingerprint density at radius 1 is 1.12 bits per heavy atom. The molecular formula is C17H20N4O3. The van der Waals surface area contributed by atoms with Crippen molar-refractivity contribution in [3.63, 3.8) is 0 Å². The molecule has 0 bridgehead atoms. The summed E-state index contributed by atoms with van der Waals surface area (Å²) in [6.07, 6.45) is 1.63. The van der Waals surface area contributed by atoms with Gasteiger partial charge in [0.2, 0.25) is 11.8 Å². The van der Waals surface area contributed by atoms with Crippen molar-refractivity contribution in [1.82, 2.24) is 15.6 Å². The van der Waals surface area contributed by atoms with Gasteiger partial charge in [0.1, 0.15) is 5.75 Å². The van der Waals surface area contributed by atoms with Crippen LogP contribution in [0.4, 0.5) is 4.79 Å². The molecule has 7 heteroatoms. The third-order valence-corrected chi connectivity index (χ3v) is 3.36. The van der Waals surface area contributed by atoms with Crippen LogP contribution >= 0.6 is 0 Å². The van der Waals surface area contributed by atoms with Crippen molar-refractivity contribution in [2.75, 3.05) is 6.54 Å². The summed E-state index contributed by atoms with van der Waals surface area (Å²) < 4.78 is 5.95. The van der Waals surface area contributed by atoms with E-state index in [1.165, 1.54) is 0 Å². The molecule has 4 N–H and O–H groups in total. The number of carbonyl (C=O) groups is 2. The van der Waals surface area contributed by atoms with Gasteiger partial charge in [0.25, 0.3) is 0 Å². The van der Waals surface area contributed by atoms with Crippen LogP contribution in [-0.4, -0.2) is 23.5 Å². The summed E-state index contributed by atoms with van der Waals surface area (Å²) in [6.45, 7) is 3.97. The molecule has 0 aliphatic heterocycles. The van der Waals surface area contributed by atoms with Gasteiger partial charge in [-0.25, -0.2) is 9.78 Å². The summed E-state index contributed by atoms with van der Waals surface area (Å²) in [6, 6.07) is 8.72. The van der Waals surface area contributed by atoms with Gasteiger partial charge in [-0.3, -0.25) is 4.79 Å². The number of hydrogen-bond donors (Lipinski definition) is 3. The maximum Gasteiger partial charge on any atom is 0.312 e. The van der Waals surface area contributed by atoms with E-state index in [0.717, 1.165) is 22.4 Å². The fourth-order valence-electron chi connectivity index (χ4n) is 2.13. The number of urea groups is 1. The van der Waals surface area contributed by atoms with Crippen LogP contribution in [0.2, 0.25) is 0 Å². The smallest absolute Gasteiger partial charge is 0.312 e. The van der Waals surface area contributed by atoms with E-state index in [4.69, 9.17) is 10.5 Å². The first-order valence-electron chi connectivity index (χ1n) is 7.45. The van der Waals surface area contributed by atoms with E-state index < -0.39 is 6.03 Å². The molecule has 1 heterocycles. The Hall–Kier alpha value is -3.09. The lowest BCUT2D eigenvalue weighted by molar-refractivity contribution is -0.120. The summed E-state index contributed by atoms with van der Waals surface area (Å²) in [5.74, 6) is 0.827. The molecule has 0 saturated heterocycles. The number of rotatable bonds is 6. The Balaban J connectivity index is 2.08. The summed E-state index contributed by atoms with van der Waals surface area (Å²) in [5.41, 5.74) is 7.66. The molecule has 7 nitrogen and oxygen atoms in total. The number of nitrogens with zero attached hydrogens (tertiary/aromatic N) is 1. The minimum Gasteiger partial charge on any atom is -0.438 e. The Morgan fingerprint density at radius 2 is 1.83 bits per heavy atom. The molecule has 3 amide bonds. The molecule has 0 aliphatic carbocycles. The van der Waals surface area contributed by atoms with Crippen molar-refractivity contribution in [3.05, 3.63) is 53.2 Å². The van der Waals surface area contributed by atoms with Gasteiger partial charge in [0.15, 0.2) is 0 Å². The zero-order valence-electron chi connectivity index (χ0n) is 13.6. The van der Waals surface area contributed by atoms with Crippen molar-refractivity contribution in [2.45, 2.75) is 20.4 Å². The highest BCUT2D eigenvalue weighted by Gasteiger charge is 2.11. The second kappa shape index (κ2) is 7.96. The number of carbonyl (C=O) groups excluding carboxylic acids is 2. The average molecular weight is 328 g/mol. The number of pyridine rings is 1. The Bertz CT molecular complexity index is 726. The third kappa shape index (κ3) is 4.70. The number of hydrogen-bond acceptors (Lipinski definition) is 4. The van der Waals surface area contributed by atoms with Gasteiger partial charge in [-0.15, -0.1) is 0 Å². The summed E-state index contributed by atoms with van der Waals surface area (Å²) >= 11 is 0. The van der Waals surface area contributed by atoms with Crippen molar-refractivity contribution in [2.24, 2.45) is 5.73 Å². The first-order chi connectivity index (χ1) is 11.5. The largest absolute Gasteiger partial charge is 0.438 e. The zero-order valence-corrected chi connectivity index (χ0v) is 13.6. The van der Waals surface area contributed by atoms with Crippen LogP contribution in [-0.2, 0) is 11.3 Å². The number of benzene rings is 1. The molecule has 0 aliphatic rings. The van der Waals surface area contributed by atoms with Crippen LogP contribution in [0.25, 0.3) is 0 Å². The summed E-state index contributed by atoms with van der Waals surface area (Å²) in [7, 11) is 0. The van der Waals surface area contributed by atoms with E-state index in [2.05, 4.69) is 15.6 Å². The molecule has 0 atom stereocenters. The Morgan fingerprint density at radius 3 is 2.50 bits per heavy atom. The summed E-state index contributed by atoms with van der Waals surface area (Å²) in [5, 5.41) is 4.91. The van der Waals surface area contributed by atoms with Crippen LogP contribution in [0.3, 0.4) is 0 Å². The van der Waals surface area contributed by atoms with Crippen LogP contribution in [0.15, 0.2) is 36.5 Å². The molecular weight excluding hydrogens is 308 g/mol. The SMILES string of the molecule is Cc1cccc(C)c1Oc1ncccc1CNC(=O)CNC(N)=O. The van der Waals surface area contributed by atoms with Gasteiger partial charge in [0.05, 0.1) is 6.54 Å². The van der Waals surface area contributed by atoms with Gasteiger partial charge >= 0.3 is 6.03 Å². The van der Waals surface area contributed by atoms with Crippen molar-refractivity contribution in [3.8, 4) is 11.6 Å². The molecule has 1 aromatic carbocycles. The molecule has 0 fully saturated rings. The number of nitrogens with one attached hydrogen (secondary N) is 2. The normalized spacial score (nSPS) is 10.1. The predicted octanol–water partition coefficient (Wildman–Crippen LogP) is 1.78. The zero-order chi connectivity index (χ0) is 17.5. The number of aromatic nitrogens is 1. The van der Waals surface area contributed by atoms with E-state index in [1.54, 1.807) is 12.3 Å². The van der Waals surface area contributed by atoms with E-state index in [9.17, 15) is 9.59 Å². The van der Waals surface area contributed by atoms with Crippen molar-refractivity contribution in [1.29, 1.82) is 0 Å². The van der Waals surface area contributed by atoms with Gasteiger partial charge in [-0.2, -0.15) is 0 Å². The maximum atomic E-state index is 11.7. The monoisotopic (exact) mass is 328 g/mol. The van der Waals surface area contributed by atoms with Crippen LogP contribution < -0.4 is 21.1 Å². The van der Waals surface area contributed by atoms with Gasteiger partial charge in [-0.1, -0.05) is 24.3 Å². The first-order valence-corrected chi connectivity index (χ1v) is 7.45. The number of primary amides is 1. The number of nitrogens with two attached hydrogens (primary N) is 1. The molecule has 2 rings (SSSR count). The van der Waals surface area contributed by atoms with E-state index in [1.807, 2.05) is 38.1 Å². The quantitative estimate of drug-likeness (QED) is 0.751. The van der Waals surface area contributed by atoms with E-state index in [-0.39, 0.29) is 19.0 Å². The highest BCUT2D eigenvalue weighted by Crippen LogP contribution is 2.29. The molecule has 2 aromatic rings. The number of aryl methyl sites for hydroxylation is 2. The average Bonchev–Trinajstić information content (AvgIpc) is 2.55. The van der Waals surface area contributed by atoms with Gasteiger partial charge in [-0.05, 0) is 31.0 Å². The number of para-hydroxylation sites is 1. The number of amides is 3. The maximum absolute atomic E-state index is 11.7. The fourth-order valence-corrected chi connectivity index (χ4v) is 2.13. The molecule has 0 unspecified atom stereocenters.